The summed E-state index contributed by atoms with van der Waals surface area (Å²) >= 11 is 0. The lowest BCUT2D eigenvalue weighted by molar-refractivity contribution is -0.409. The van der Waals surface area contributed by atoms with Gasteiger partial charge in [-0.1, -0.05) is 6.08 Å². The Bertz CT molecular complexity index is 317. The van der Waals surface area contributed by atoms with Crippen molar-refractivity contribution >= 4 is 5.97 Å². The quantitative estimate of drug-likeness (QED) is 0.564. The van der Waals surface area contributed by atoms with Gasteiger partial charge in [0.05, 0.1) is 0 Å². The van der Waals surface area contributed by atoms with Crippen molar-refractivity contribution in [3.8, 4) is 0 Å². The predicted molar refractivity (Wildman–Crippen MR) is 58.0 cm³/mol. The van der Waals surface area contributed by atoms with Crippen molar-refractivity contribution < 1.29 is 28.8 Å². The average molecular weight is 246 g/mol. The molecule has 0 spiro atoms. The van der Waals surface area contributed by atoms with Crippen LogP contribution in [0.1, 0.15) is 13.8 Å². The van der Waals surface area contributed by atoms with Gasteiger partial charge in [-0.25, -0.2) is 4.79 Å². The Morgan fingerprint density at radius 1 is 1.41 bits per heavy atom. The van der Waals surface area contributed by atoms with Crippen LogP contribution in [-0.2, 0) is 23.7 Å². The maximum atomic E-state index is 11.7. The SMILES string of the molecule is C=C[C@@H](O)[C@H]1O[C@](C)(OC)[C@@](C)(OC)OC1=O. The zero-order valence-electron chi connectivity index (χ0n) is 10.4. The zero-order valence-corrected chi connectivity index (χ0v) is 10.4. The molecular weight excluding hydrogens is 228 g/mol. The normalized spacial score (nSPS) is 39.6. The molecule has 4 atom stereocenters. The molecule has 6 heteroatoms. The fourth-order valence-electron chi connectivity index (χ4n) is 1.53. The lowest BCUT2D eigenvalue weighted by Gasteiger charge is -2.48. The van der Waals surface area contributed by atoms with Crippen LogP contribution >= 0.6 is 0 Å². The average Bonchev–Trinajstić information content (AvgIpc) is 2.32. The van der Waals surface area contributed by atoms with Crippen molar-refractivity contribution in [1.29, 1.82) is 0 Å². The van der Waals surface area contributed by atoms with Crippen LogP contribution in [0.2, 0.25) is 0 Å². The highest BCUT2D eigenvalue weighted by Gasteiger charge is 2.58. The molecule has 1 heterocycles. The highest BCUT2D eigenvalue weighted by molar-refractivity contribution is 5.77. The number of carbonyl (C=O) groups is 1. The first-order chi connectivity index (χ1) is 7.83. The van der Waals surface area contributed by atoms with Crippen molar-refractivity contribution in [2.75, 3.05) is 14.2 Å². The first-order valence-corrected chi connectivity index (χ1v) is 5.15. The van der Waals surface area contributed by atoms with Gasteiger partial charge >= 0.3 is 5.97 Å². The summed E-state index contributed by atoms with van der Waals surface area (Å²) in [6, 6.07) is 0. The van der Waals surface area contributed by atoms with E-state index in [1.54, 1.807) is 6.92 Å². The van der Waals surface area contributed by atoms with E-state index in [4.69, 9.17) is 18.9 Å². The predicted octanol–water partition coefficient (Wildman–Crippen LogP) is 0.200. The maximum absolute atomic E-state index is 11.7. The van der Waals surface area contributed by atoms with E-state index in [2.05, 4.69) is 6.58 Å². The molecule has 0 aromatic rings. The van der Waals surface area contributed by atoms with Gasteiger partial charge in [0.2, 0.25) is 5.79 Å². The van der Waals surface area contributed by atoms with E-state index in [1.807, 2.05) is 0 Å². The second kappa shape index (κ2) is 4.73. The first kappa shape index (κ1) is 14.1. The van der Waals surface area contributed by atoms with Crippen molar-refractivity contribution in [1.82, 2.24) is 0 Å². The number of hydrogen-bond donors (Lipinski definition) is 1. The van der Waals surface area contributed by atoms with Crippen molar-refractivity contribution in [3.63, 3.8) is 0 Å². The van der Waals surface area contributed by atoms with Crippen LogP contribution in [0.25, 0.3) is 0 Å². The van der Waals surface area contributed by atoms with Gasteiger partial charge in [0.25, 0.3) is 5.79 Å². The van der Waals surface area contributed by atoms with E-state index in [1.165, 1.54) is 27.2 Å². The first-order valence-electron chi connectivity index (χ1n) is 5.15. The minimum atomic E-state index is -1.38. The van der Waals surface area contributed by atoms with Crippen LogP contribution in [0.3, 0.4) is 0 Å². The largest absolute Gasteiger partial charge is 0.425 e. The number of rotatable bonds is 4. The Labute approximate surface area is 100 Å². The van der Waals surface area contributed by atoms with E-state index in [0.29, 0.717) is 0 Å². The molecule has 0 aromatic carbocycles. The number of aliphatic hydroxyl groups excluding tert-OH is 1. The molecule has 0 saturated carbocycles. The summed E-state index contributed by atoms with van der Waals surface area (Å²) in [6.07, 6.45) is -1.16. The van der Waals surface area contributed by atoms with Crippen LogP contribution in [-0.4, -0.2) is 49.1 Å². The van der Waals surface area contributed by atoms with Gasteiger partial charge in [0.1, 0.15) is 6.10 Å². The third kappa shape index (κ3) is 2.21. The summed E-state index contributed by atoms with van der Waals surface area (Å²) in [7, 11) is 2.77. The second-order valence-corrected chi connectivity index (χ2v) is 3.99. The third-order valence-corrected chi connectivity index (χ3v) is 3.04. The van der Waals surface area contributed by atoms with Gasteiger partial charge < -0.3 is 24.1 Å². The number of esters is 1. The number of cyclic esters (lactones) is 1. The molecule has 1 fully saturated rings. The molecule has 98 valence electrons. The maximum Gasteiger partial charge on any atom is 0.341 e. The van der Waals surface area contributed by atoms with Gasteiger partial charge in [-0.05, 0) is 6.92 Å². The number of ether oxygens (including phenoxy) is 4. The lowest BCUT2D eigenvalue weighted by atomic mass is 10.0. The third-order valence-electron chi connectivity index (χ3n) is 3.04. The van der Waals surface area contributed by atoms with Crippen molar-refractivity contribution in [2.24, 2.45) is 0 Å². The summed E-state index contributed by atoms with van der Waals surface area (Å²) < 4.78 is 20.9. The summed E-state index contributed by atoms with van der Waals surface area (Å²) in [5.41, 5.74) is 0. The van der Waals surface area contributed by atoms with E-state index in [-0.39, 0.29) is 0 Å². The molecule has 1 aliphatic rings. The molecule has 17 heavy (non-hydrogen) atoms. The molecule has 0 unspecified atom stereocenters. The standard InChI is InChI=1S/C11H18O6/c1-6-7(12)8-9(13)17-11(3,15-5)10(2,14-4)16-8/h6-8,12H,1H2,2-5H3/t7-,8-,10+,11+/m1/s1. The number of methoxy groups -OCH3 is 2. The highest BCUT2D eigenvalue weighted by Crippen LogP contribution is 2.37. The van der Waals surface area contributed by atoms with Crippen LogP contribution in [0.15, 0.2) is 12.7 Å². The van der Waals surface area contributed by atoms with E-state index in [0.717, 1.165) is 0 Å². The molecule has 0 amide bonds. The Morgan fingerprint density at radius 2 is 1.94 bits per heavy atom. The summed E-state index contributed by atoms with van der Waals surface area (Å²) in [5.74, 6) is -3.42. The van der Waals surface area contributed by atoms with Crippen molar-refractivity contribution in [2.45, 2.75) is 37.6 Å². The number of hydrogen-bond acceptors (Lipinski definition) is 6. The minimum Gasteiger partial charge on any atom is -0.425 e. The monoisotopic (exact) mass is 246 g/mol. The van der Waals surface area contributed by atoms with Crippen LogP contribution in [0, 0.1) is 0 Å². The Morgan fingerprint density at radius 3 is 2.35 bits per heavy atom. The lowest BCUT2D eigenvalue weighted by Crippen LogP contribution is -2.65. The summed E-state index contributed by atoms with van der Waals surface area (Å²) in [5, 5.41) is 9.58. The fraction of sp³-hybridized carbons (Fsp3) is 0.727. The van der Waals surface area contributed by atoms with Gasteiger partial charge in [-0.15, -0.1) is 6.58 Å². The molecule has 0 bridgehead atoms. The Kier molecular flexibility index (Phi) is 3.93. The minimum absolute atomic E-state index is 0.726. The molecule has 1 aliphatic heterocycles. The zero-order chi connectivity index (χ0) is 13.3. The van der Waals surface area contributed by atoms with E-state index in [9.17, 15) is 9.90 Å². The van der Waals surface area contributed by atoms with Crippen LogP contribution < -0.4 is 0 Å². The number of carbonyl (C=O) groups excluding carboxylic acids is 1. The van der Waals surface area contributed by atoms with Crippen molar-refractivity contribution in [3.05, 3.63) is 12.7 Å². The number of aliphatic hydroxyl groups is 1. The molecule has 6 nitrogen and oxygen atoms in total. The molecule has 0 aromatic heterocycles. The van der Waals surface area contributed by atoms with E-state index < -0.39 is 29.8 Å². The van der Waals surface area contributed by atoms with E-state index >= 15 is 0 Å². The van der Waals surface area contributed by atoms with Gasteiger partial charge in [0, 0.05) is 21.1 Å². The highest BCUT2D eigenvalue weighted by atomic mass is 16.8. The summed E-state index contributed by atoms with van der Waals surface area (Å²) in [6.45, 7) is 6.47. The van der Waals surface area contributed by atoms with Gasteiger partial charge in [-0.2, -0.15) is 0 Å². The fourth-order valence-corrected chi connectivity index (χ4v) is 1.53. The van der Waals surface area contributed by atoms with Crippen LogP contribution in [0.4, 0.5) is 0 Å². The Balaban J connectivity index is 3.03. The molecule has 1 rings (SSSR count). The second-order valence-electron chi connectivity index (χ2n) is 3.99. The van der Waals surface area contributed by atoms with Gasteiger partial charge in [0.15, 0.2) is 6.10 Å². The van der Waals surface area contributed by atoms with Gasteiger partial charge in [-0.3, -0.25) is 0 Å². The molecular formula is C11H18O6. The molecule has 1 N–H and O–H groups in total. The van der Waals surface area contributed by atoms with Crippen LogP contribution in [0.5, 0.6) is 0 Å². The smallest absolute Gasteiger partial charge is 0.341 e. The molecule has 0 aliphatic carbocycles. The molecule has 0 radical (unpaired) electrons. The topological polar surface area (TPSA) is 74.2 Å². The molecule has 1 saturated heterocycles. The summed E-state index contributed by atoms with van der Waals surface area (Å²) in [4.78, 5) is 11.7. The Hall–Kier alpha value is -0.950.